The van der Waals surface area contributed by atoms with Crippen LogP contribution >= 0.6 is 11.6 Å². The van der Waals surface area contributed by atoms with Gasteiger partial charge in [-0.05, 0) is 48.4 Å². The number of esters is 1. The molecule has 1 heterocycles. The zero-order chi connectivity index (χ0) is 23.8. The summed E-state index contributed by atoms with van der Waals surface area (Å²) in [5, 5.41) is -0.120. The van der Waals surface area contributed by atoms with E-state index in [0.29, 0.717) is 22.4 Å². The molecule has 1 aliphatic heterocycles. The van der Waals surface area contributed by atoms with E-state index in [1.807, 2.05) is 0 Å². The molecule has 172 valence electrons. The zero-order valence-electron chi connectivity index (χ0n) is 17.6. The molecular formula is C23H19ClFNO6S. The van der Waals surface area contributed by atoms with Gasteiger partial charge in [-0.15, -0.1) is 0 Å². The summed E-state index contributed by atoms with van der Waals surface area (Å²) in [5.41, 5.74) is 1.37. The number of carbonyl (C=O) groups excluding carboxylic acids is 1. The molecule has 0 unspecified atom stereocenters. The molecule has 0 fully saturated rings. The van der Waals surface area contributed by atoms with Gasteiger partial charge in [-0.2, -0.15) is 0 Å². The van der Waals surface area contributed by atoms with Gasteiger partial charge in [0, 0.05) is 5.56 Å². The molecule has 4 rings (SSSR count). The number of cyclic esters (lactones) is 1. The van der Waals surface area contributed by atoms with Gasteiger partial charge >= 0.3 is 5.97 Å². The number of ether oxygens (including phenoxy) is 3. The third kappa shape index (κ3) is 4.46. The highest BCUT2D eigenvalue weighted by atomic mass is 35.5. The molecule has 0 atom stereocenters. The molecule has 0 amide bonds. The van der Waals surface area contributed by atoms with E-state index in [0.717, 1.165) is 6.07 Å². The normalized spacial score (nSPS) is 15.1. The summed E-state index contributed by atoms with van der Waals surface area (Å²) in [5.74, 6) is -1.29. The van der Waals surface area contributed by atoms with Crippen LogP contribution in [-0.4, -0.2) is 34.7 Å². The fraction of sp³-hybridized carbons (Fsp3) is 0.174. The first-order valence-electron chi connectivity index (χ1n) is 9.81. The Labute approximate surface area is 195 Å². The lowest BCUT2D eigenvalue weighted by Gasteiger charge is -2.16. The lowest BCUT2D eigenvalue weighted by atomic mass is 9.99. The standard InChI is InChI=1S/C23H19ClFNO6S/c1-13-9-18(25)19-12-16(13)15-5-3-4-6-20(15)31-7-8-32-23(27)14-10-17(24)22(30-2)21(11-14)33(28,29)26-19/h3-6,9-12,26H,7-8H2,1-2H3. The number of methoxy groups -OCH3 is 1. The summed E-state index contributed by atoms with van der Waals surface area (Å²) in [6, 6.07) is 12.0. The predicted octanol–water partition coefficient (Wildman–Crippen LogP) is 4.81. The smallest absolute Gasteiger partial charge is 0.338 e. The number of fused-ring (bicyclic) bond motifs is 6. The van der Waals surface area contributed by atoms with E-state index in [4.69, 9.17) is 25.8 Å². The molecular weight excluding hydrogens is 473 g/mol. The lowest BCUT2D eigenvalue weighted by Crippen LogP contribution is -2.17. The highest BCUT2D eigenvalue weighted by Gasteiger charge is 2.27. The van der Waals surface area contributed by atoms with Gasteiger partial charge in [0.15, 0.2) is 5.75 Å². The van der Waals surface area contributed by atoms with Crippen LogP contribution in [0.5, 0.6) is 11.5 Å². The highest BCUT2D eigenvalue weighted by Crippen LogP contribution is 2.38. The molecule has 3 aromatic rings. The number of anilines is 1. The van der Waals surface area contributed by atoms with Crippen LogP contribution in [0.25, 0.3) is 11.1 Å². The first-order chi connectivity index (χ1) is 15.7. The number of aryl methyl sites for hydroxylation is 1. The van der Waals surface area contributed by atoms with Crippen molar-refractivity contribution in [3.8, 4) is 22.6 Å². The topological polar surface area (TPSA) is 90.9 Å². The van der Waals surface area contributed by atoms with Gasteiger partial charge in [-0.3, -0.25) is 4.72 Å². The van der Waals surface area contributed by atoms with Crippen molar-refractivity contribution in [1.82, 2.24) is 0 Å². The van der Waals surface area contributed by atoms with Gasteiger partial charge < -0.3 is 14.2 Å². The van der Waals surface area contributed by atoms with Crippen molar-refractivity contribution in [2.24, 2.45) is 0 Å². The largest absolute Gasteiger partial charge is 0.494 e. The number of halogens is 2. The maximum atomic E-state index is 14.8. The lowest BCUT2D eigenvalue weighted by molar-refractivity contribution is 0.0450. The second-order valence-corrected chi connectivity index (χ2v) is 9.28. The second kappa shape index (κ2) is 8.92. The van der Waals surface area contributed by atoms with Crippen molar-refractivity contribution in [2.45, 2.75) is 11.8 Å². The number of nitrogens with one attached hydrogen (secondary N) is 1. The van der Waals surface area contributed by atoms with E-state index >= 15 is 0 Å². The zero-order valence-corrected chi connectivity index (χ0v) is 19.2. The van der Waals surface area contributed by atoms with E-state index in [9.17, 15) is 17.6 Å². The van der Waals surface area contributed by atoms with Gasteiger partial charge in [-0.25, -0.2) is 17.6 Å². The fourth-order valence-electron chi connectivity index (χ4n) is 3.51. The molecule has 1 aliphatic rings. The molecule has 0 spiro atoms. The van der Waals surface area contributed by atoms with Crippen LogP contribution < -0.4 is 14.2 Å². The van der Waals surface area contributed by atoms with Crippen molar-refractivity contribution in [3.63, 3.8) is 0 Å². The maximum absolute atomic E-state index is 14.8. The number of benzene rings is 3. The van der Waals surface area contributed by atoms with Crippen molar-refractivity contribution < 1.29 is 31.8 Å². The number of hydrogen-bond donors (Lipinski definition) is 1. The number of para-hydroxylation sites is 1. The van der Waals surface area contributed by atoms with E-state index in [1.54, 1.807) is 31.2 Å². The van der Waals surface area contributed by atoms with Crippen molar-refractivity contribution in [2.75, 3.05) is 25.0 Å². The van der Waals surface area contributed by atoms with Crippen LogP contribution in [0.1, 0.15) is 15.9 Å². The van der Waals surface area contributed by atoms with Crippen LogP contribution in [0, 0.1) is 12.7 Å². The fourth-order valence-corrected chi connectivity index (χ4v) is 5.14. The molecule has 3 aromatic carbocycles. The molecule has 0 saturated carbocycles. The number of carbonyl (C=O) groups is 1. The Morgan fingerprint density at radius 2 is 1.79 bits per heavy atom. The van der Waals surface area contributed by atoms with Gasteiger partial charge in [0.25, 0.3) is 10.0 Å². The number of hydrogen-bond acceptors (Lipinski definition) is 6. The van der Waals surface area contributed by atoms with Gasteiger partial charge in [0.1, 0.15) is 29.7 Å². The van der Waals surface area contributed by atoms with Crippen molar-refractivity contribution >= 4 is 33.3 Å². The molecule has 7 nitrogen and oxygen atoms in total. The highest BCUT2D eigenvalue weighted by molar-refractivity contribution is 7.92. The Kier molecular flexibility index (Phi) is 6.18. The summed E-state index contributed by atoms with van der Waals surface area (Å²) in [7, 11) is -3.18. The molecule has 33 heavy (non-hydrogen) atoms. The van der Waals surface area contributed by atoms with E-state index in [-0.39, 0.29) is 35.2 Å². The van der Waals surface area contributed by atoms with Crippen molar-refractivity contribution in [3.05, 3.63) is 70.5 Å². The Hall–Kier alpha value is -3.30. The third-order valence-corrected chi connectivity index (χ3v) is 6.70. The SMILES string of the molecule is COc1c(Cl)cc2cc1S(=O)(=O)Nc1cc(c(C)cc1F)-c1ccccc1OCCOC2=O. The number of rotatable bonds is 1. The molecule has 0 radical (unpaired) electrons. The van der Waals surface area contributed by atoms with E-state index in [2.05, 4.69) is 4.72 Å². The maximum Gasteiger partial charge on any atom is 0.338 e. The van der Waals surface area contributed by atoms with Crippen LogP contribution in [0.2, 0.25) is 5.02 Å². The minimum atomic E-state index is -4.42. The summed E-state index contributed by atoms with van der Waals surface area (Å²) in [6.07, 6.45) is 0. The van der Waals surface area contributed by atoms with Gasteiger partial charge in [0.2, 0.25) is 0 Å². The summed E-state index contributed by atoms with van der Waals surface area (Å²) in [6.45, 7) is 1.66. The van der Waals surface area contributed by atoms with Crippen LogP contribution in [0.15, 0.2) is 53.4 Å². The van der Waals surface area contributed by atoms with Crippen LogP contribution in [-0.2, 0) is 14.8 Å². The van der Waals surface area contributed by atoms with Crippen LogP contribution in [0.3, 0.4) is 0 Å². The Balaban J connectivity index is 1.94. The first kappa shape index (κ1) is 22.9. The molecule has 0 aliphatic carbocycles. The Bertz CT molecular complexity index is 1360. The van der Waals surface area contributed by atoms with Gasteiger partial charge in [0.05, 0.1) is 23.4 Å². The van der Waals surface area contributed by atoms with Gasteiger partial charge in [-0.1, -0.05) is 29.8 Å². The average molecular weight is 492 g/mol. The minimum absolute atomic E-state index is 0.0448. The van der Waals surface area contributed by atoms with E-state index in [1.165, 1.54) is 25.3 Å². The van der Waals surface area contributed by atoms with Crippen molar-refractivity contribution in [1.29, 1.82) is 0 Å². The predicted molar refractivity (Wildman–Crippen MR) is 121 cm³/mol. The Morgan fingerprint density at radius 3 is 2.55 bits per heavy atom. The third-order valence-electron chi connectivity index (χ3n) is 5.05. The second-order valence-electron chi connectivity index (χ2n) is 7.22. The first-order valence-corrected chi connectivity index (χ1v) is 11.7. The van der Waals surface area contributed by atoms with E-state index < -0.39 is 26.7 Å². The van der Waals surface area contributed by atoms with Crippen LogP contribution in [0.4, 0.5) is 10.1 Å². The quantitative estimate of drug-likeness (QED) is 0.491. The summed E-state index contributed by atoms with van der Waals surface area (Å²) >= 11 is 6.17. The monoisotopic (exact) mass is 491 g/mol. The molecule has 0 aromatic heterocycles. The molecule has 10 heteroatoms. The molecule has 0 saturated heterocycles. The summed E-state index contributed by atoms with van der Waals surface area (Å²) in [4.78, 5) is 12.1. The molecule has 4 bridgehead atoms. The Morgan fingerprint density at radius 1 is 1.06 bits per heavy atom. The summed E-state index contributed by atoms with van der Waals surface area (Å²) < 4.78 is 59.7. The minimum Gasteiger partial charge on any atom is -0.494 e. The number of sulfonamides is 1. The molecule has 1 N–H and O–H groups in total. The average Bonchev–Trinajstić information content (AvgIpc) is 2.77.